The summed E-state index contributed by atoms with van der Waals surface area (Å²) < 4.78 is 38.7. The van der Waals surface area contributed by atoms with Crippen LogP contribution in [-0.4, -0.2) is 20.7 Å². The minimum atomic E-state index is -4.65. The highest BCUT2D eigenvalue weighted by atomic mass is 35.5. The smallest absolute Gasteiger partial charge is 0.382 e. The summed E-state index contributed by atoms with van der Waals surface area (Å²) in [5.74, 6) is -0.812. The van der Waals surface area contributed by atoms with Crippen LogP contribution in [0.15, 0.2) is 36.7 Å². The number of benzene rings is 2. The number of fused-ring (bicyclic) bond motifs is 1. The molecule has 4 aromatic rings. The van der Waals surface area contributed by atoms with Crippen LogP contribution < -0.4 is 11.1 Å². The third kappa shape index (κ3) is 3.81. The van der Waals surface area contributed by atoms with Crippen LogP contribution in [-0.2, 0) is 6.18 Å². The van der Waals surface area contributed by atoms with E-state index in [1.54, 1.807) is 24.5 Å². The molecular formula is C18H10Cl2F3N5OS. The minimum absolute atomic E-state index is 0.00340. The maximum atomic E-state index is 12.9. The number of anilines is 3. The summed E-state index contributed by atoms with van der Waals surface area (Å²) >= 11 is 12.8. The monoisotopic (exact) mass is 471 g/mol. The van der Waals surface area contributed by atoms with Crippen LogP contribution in [0.25, 0.3) is 11.0 Å². The fraction of sp³-hybridized carbons (Fsp3) is 0.0556. The third-order valence-electron chi connectivity index (χ3n) is 4.13. The van der Waals surface area contributed by atoms with Gasteiger partial charge in [-0.05, 0) is 30.3 Å². The molecule has 2 aromatic heterocycles. The first-order valence-electron chi connectivity index (χ1n) is 8.21. The number of nitrogens with zero attached hydrogens (tertiary/aromatic N) is 2. The molecule has 12 heteroatoms. The maximum absolute atomic E-state index is 12.9. The minimum Gasteiger partial charge on any atom is -0.382 e. The average molecular weight is 472 g/mol. The largest absolute Gasteiger partial charge is 0.416 e. The molecule has 6 nitrogen and oxygen atoms in total. The van der Waals surface area contributed by atoms with Gasteiger partial charge in [-0.25, -0.2) is 9.97 Å². The Morgan fingerprint density at radius 3 is 2.53 bits per heavy atom. The van der Waals surface area contributed by atoms with Gasteiger partial charge in [0, 0.05) is 5.69 Å². The van der Waals surface area contributed by atoms with Gasteiger partial charge >= 0.3 is 6.18 Å². The Morgan fingerprint density at radius 2 is 1.87 bits per heavy atom. The first kappa shape index (κ1) is 20.5. The summed E-state index contributed by atoms with van der Waals surface area (Å²) in [4.78, 5) is 24.1. The molecule has 0 bridgehead atoms. The van der Waals surface area contributed by atoms with Gasteiger partial charge in [0.2, 0.25) is 5.78 Å². The van der Waals surface area contributed by atoms with Gasteiger partial charge in [-0.2, -0.15) is 13.2 Å². The Hall–Kier alpha value is -2.82. The lowest BCUT2D eigenvalue weighted by Crippen LogP contribution is -2.09. The molecule has 0 saturated heterocycles. The number of nitrogens with one attached hydrogen (secondary N) is 2. The fourth-order valence-electron chi connectivity index (χ4n) is 2.75. The SMILES string of the molecule is Nc1nc(Nc2ccc3nc[nH]c3c2)sc1C(=O)c1c(Cl)cc(C(F)(F)F)cc1Cl. The van der Waals surface area contributed by atoms with Crippen molar-refractivity contribution in [3.8, 4) is 0 Å². The molecule has 0 unspecified atom stereocenters. The number of hydrogen-bond acceptors (Lipinski definition) is 6. The van der Waals surface area contributed by atoms with E-state index in [0.29, 0.717) is 23.0 Å². The van der Waals surface area contributed by atoms with Crippen LogP contribution in [0.4, 0.5) is 29.8 Å². The van der Waals surface area contributed by atoms with Gasteiger partial charge in [-0.15, -0.1) is 0 Å². The number of ketones is 1. The number of imidazole rings is 1. The Morgan fingerprint density at radius 1 is 1.17 bits per heavy atom. The first-order chi connectivity index (χ1) is 14.1. The van der Waals surface area contributed by atoms with Gasteiger partial charge in [0.1, 0.15) is 10.7 Å². The number of thiazole rings is 1. The van der Waals surface area contributed by atoms with Crippen molar-refractivity contribution in [1.82, 2.24) is 15.0 Å². The van der Waals surface area contributed by atoms with Crippen LogP contribution in [0, 0.1) is 0 Å². The van der Waals surface area contributed by atoms with Crippen molar-refractivity contribution < 1.29 is 18.0 Å². The molecular weight excluding hydrogens is 462 g/mol. The Kier molecular flexibility index (Phi) is 5.08. The van der Waals surface area contributed by atoms with E-state index in [4.69, 9.17) is 28.9 Å². The van der Waals surface area contributed by atoms with Crippen molar-refractivity contribution in [3.05, 3.63) is 62.7 Å². The van der Waals surface area contributed by atoms with E-state index in [9.17, 15) is 18.0 Å². The lowest BCUT2D eigenvalue weighted by molar-refractivity contribution is -0.137. The predicted molar refractivity (Wildman–Crippen MR) is 111 cm³/mol. The van der Waals surface area contributed by atoms with E-state index < -0.39 is 27.6 Å². The lowest BCUT2D eigenvalue weighted by Gasteiger charge is -2.11. The summed E-state index contributed by atoms with van der Waals surface area (Å²) in [7, 11) is 0. The zero-order chi connectivity index (χ0) is 21.6. The molecule has 0 saturated carbocycles. The molecule has 2 aromatic carbocycles. The van der Waals surface area contributed by atoms with E-state index in [1.165, 1.54) is 0 Å². The highest BCUT2D eigenvalue weighted by Gasteiger charge is 2.33. The van der Waals surface area contributed by atoms with E-state index in [0.717, 1.165) is 22.4 Å². The molecule has 0 spiro atoms. The number of rotatable bonds is 4. The highest BCUT2D eigenvalue weighted by Crippen LogP contribution is 2.38. The Bertz CT molecular complexity index is 1260. The van der Waals surface area contributed by atoms with Crippen molar-refractivity contribution in [2.24, 2.45) is 0 Å². The molecule has 2 heterocycles. The lowest BCUT2D eigenvalue weighted by atomic mass is 10.1. The molecule has 0 fully saturated rings. The molecule has 0 aliphatic heterocycles. The Balaban J connectivity index is 1.65. The topological polar surface area (TPSA) is 96.7 Å². The predicted octanol–water partition coefficient (Wildman–Crippen LogP) is 5.90. The number of aromatic nitrogens is 3. The molecule has 0 aliphatic carbocycles. The second kappa shape index (κ2) is 7.46. The molecule has 0 radical (unpaired) electrons. The van der Waals surface area contributed by atoms with Gasteiger partial charge in [0.05, 0.1) is 38.5 Å². The van der Waals surface area contributed by atoms with Gasteiger partial charge < -0.3 is 16.0 Å². The molecule has 0 amide bonds. The third-order valence-corrected chi connectivity index (χ3v) is 5.71. The van der Waals surface area contributed by atoms with Crippen molar-refractivity contribution >= 4 is 68.0 Å². The number of nitrogens with two attached hydrogens (primary N) is 1. The van der Waals surface area contributed by atoms with Gasteiger partial charge in [0.15, 0.2) is 5.13 Å². The summed E-state index contributed by atoms with van der Waals surface area (Å²) in [6, 6.07) is 6.66. The Labute approximate surface area is 180 Å². The fourth-order valence-corrected chi connectivity index (χ4v) is 4.26. The van der Waals surface area contributed by atoms with E-state index in [-0.39, 0.29) is 16.3 Å². The number of hydrogen-bond donors (Lipinski definition) is 3. The van der Waals surface area contributed by atoms with Crippen molar-refractivity contribution in [3.63, 3.8) is 0 Å². The van der Waals surface area contributed by atoms with Gasteiger partial charge in [0.25, 0.3) is 0 Å². The van der Waals surface area contributed by atoms with Crippen LogP contribution in [0.1, 0.15) is 20.8 Å². The summed E-state index contributed by atoms with van der Waals surface area (Å²) in [5, 5.41) is 2.49. The molecule has 0 atom stereocenters. The van der Waals surface area contributed by atoms with Crippen molar-refractivity contribution in [1.29, 1.82) is 0 Å². The van der Waals surface area contributed by atoms with Crippen LogP contribution >= 0.6 is 34.5 Å². The summed E-state index contributed by atoms with van der Waals surface area (Å²) in [5.41, 5.74) is 6.78. The van der Waals surface area contributed by atoms with E-state index in [1.807, 2.05) is 0 Å². The quantitative estimate of drug-likeness (QED) is 0.322. The summed E-state index contributed by atoms with van der Waals surface area (Å²) in [6.07, 6.45) is -3.09. The molecule has 0 aliphatic rings. The summed E-state index contributed by atoms with van der Waals surface area (Å²) in [6.45, 7) is 0. The van der Waals surface area contributed by atoms with E-state index in [2.05, 4.69) is 20.3 Å². The number of H-pyrrole nitrogens is 1. The molecule has 30 heavy (non-hydrogen) atoms. The number of halogens is 5. The number of aromatic amines is 1. The zero-order valence-electron chi connectivity index (χ0n) is 14.6. The van der Waals surface area contributed by atoms with Crippen LogP contribution in [0.2, 0.25) is 10.0 Å². The van der Waals surface area contributed by atoms with E-state index >= 15 is 0 Å². The second-order valence-corrected chi connectivity index (χ2v) is 7.95. The molecule has 154 valence electrons. The zero-order valence-corrected chi connectivity index (χ0v) is 17.0. The van der Waals surface area contributed by atoms with Gasteiger partial charge in [-0.1, -0.05) is 34.5 Å². The maximum Gasteiger partial charge on any atom is 0.416 e. The first-order valence-corrected chi connectivity index (χ1v) is 9.78. The van der Waals surface area contributed by atoms with Crippen molar-refractivity contribution in [2.45, 2.75) is 6.18 Å². The van der Waals surface area contributed by atoms with Crippen molar-refractivity contribution in [2.75, 3.05) is 11.1 Å². The average Bonchev–Trinajstić information content (AvgIpc) is 3.26. The second-order valence-electron chi connectivity index (χ2n) is 6.13. The van der Waals surface area contributed by atoms with Gasteiger partial charge in [-0.3, -0.25) is 4.79 Å². The molecule has 4 rings (SSSR count). The number of carbonyl (C=O) groups is 1. The number of nitrogen functional groups attached to an aromatic ring is 1. The highest BCUT2D eigenvalue weighted by molar-refractivity contribution is 7.18. The number of carbonyl (C=O) groups excluding carboxylic acids is 1. The molecule has 4 N–H and O–H groups in total. The number of alkyl halides is 3. The normalized spacial score (nSPS) is 11.8. The van der Waals surface area contributed by atoms with Crippen LogP contribution in [0.5, 0.6) is 0 Å². The standard InChI is InChI=1S/C18H10Cl2F3N5OS/c19-9-3-7(18(21,22)23)4-10(20)13(9)14(29)15-16(24)28-17(30-15)27-8-1-2-11-12(5-8)26-6-25-11/h1-6H,24H2,(H,25,26)(H,27,28). The van der Waals surface area contributed by atoms with Crippen LogP contribution in [0.3, 0.4) is 0 Å².